The summed E-state index contributed by atoms with van der Waals surface area (Å²) in [6.07, 6.45) is 3.87. The van der Waals surface area contributed by atoms with E-state index in [0.717, 1.165) is 18.7 Å². The molecule has 0 bridgehead atoms. The number of nitrogens with two attached hydrogens (primary N) is 1. The molecule has 2 N–H and O–H groups in total. The molecule has 136 valence electrons. The Kier molecular flexibility index (Phi) is 5.58. The zero-order chi connectivity index (χ0) is 18.5. The van der Waals surface area contributed by atoms with Crippen LogP contribution in [0.15, 0.2) is 42.7 Å². The Labute approximate surface area is 152 Å². The number of nitrogens with zero attached hydrogens (tertiary/aromatic N) is 4. The molecule has 7 heteroatoms. The molecule has 0 saturated carbocycles. The van der Waals surface area contributed by atoms with Crippen LogP contribution in [0.1, 0.15) is 21.7 Å². The lowest BCUT2D eigenvalue weighted by Gasteiger charge is -2.39. The minimum absolute atomic E-state index is 0.216. The summed E-state index contributed by atoms with van der Waals surface area (Å²) in [4.78, 5) is 36.5. The molecule has 1 aromatic carbocycles. The lowest BCUT2D eigenvalue weighted by atomic mass is 10.1. The van der Waals surface area contributed by atoms with Crippen LogP contribution in [0.25, 0.3) is 0 Å². The second kappa shape index (κ2) is 8.05. The second-order valence-electron chi connectivity index (χ2n) is 6.48. The zero-order valence-corrected chi connectivity index (χ0v) is 14.8. The Hall–Kier alpha value is -2.80. The van der Waals surface area contributed by atoms with Crippen molar-refractivity contribution in [3.63, 3.8) is 0 Å². The summed E-state index contributed by atoms with van der Waals surface area (Å²) in [6, 6.07) is 9.62. The van der Waals surface area contributed by atoms with E-state index in [4.69, 9.17) is 5.73 Å². The number of carbonyl (C=O) groups excluding carboxylic acids is 2. The van der Waals surface area contributed by atoms with Crippen molar-refractivity contribution in [1.29, 1.82) is 0 Å². The first-order chi connectivity index (χ1) is 12.5. The first-order valence-corrected chi connectivity index (χ1v) is 8.70. The molecule has 1 aromatic heterocycles. The molecular weight excluding hydrogens is 330 g/mol. The normalized spacial score (nSPS) is 17.9. The van der Waals surface area contributed by atoms with Crippen LogP contribution < -0.4 is 5.73 Å². The number of carbonyl (C=O) groups is 2. The minimum Gasteiger partial charge on any atom is -0.368 e. The van der Waals surface area contributed by atoms with Crippen LogP contribution in [0.4, 0.5) is 0 Å². The van der Waals surface area contributed by atoms with Gasteiger partial charge in [0.15, 0.2) is 0 Å². The third-order valence-electron chi connectivity index (χ3n) is 4.64. The molecule has 2 amide bonds. The predicted molar refractivity (Wildman–Crippen MR) is 97.4 cm³/mol. The lowest BCUT2D eigenvalue weighted by Crippen LogP contribution is -2.59. The third kappa shape index (κ3) is 4.23. The van der Waals surface area contributed by atoms with Crippen molar-refractivity contribution >= 4 is 11.8 Å². The smallest absolute Gasteiger partial charge is 0.274 e. The van der Waals surface area contributed by atoms with Crippen molar-refractivity contribution in [2.45, 2.75) is 19.4 Å². The predicted octanol–water partition coefficient (Wildman–Crippen LogP) is 0.639. The summed E-state index contributed by atoms with van der Waals surface area (Å²) in [7, 11) is 0. The molecule has 1 atom stereocenters. The average Bonchev–Trinajstić information content (AvgIpc) is 2.67. The maximum atomic E-state index is 12.6. The summed E-state index contributed by atoms with van der Waals surface area (Å²) in [5.74, 6) is -0.628. The van der Waals surface area contributed by atoms with Crippen LogP contribution in [-0.4, -0.2) is 63.8 Å². The molecule has 3 rings (SSSR count). The molecule has 1 fully saturated rings. The highest BCUT2D eigenvalue weighted by atomic mass is 16.2. The summed E-state index contributed by atoms with van der Waals surface area (Å²) < 4.78 is 0. The van der Waals surface area contributed by atoms with E-state index >= 15 is 0 Å². The first-order valence-electron chi connectivity index (χ1n) is 8.70. The van der Waals surface area contributed by atoms with Crippen LogP contribution in [0.2, 0.25) is 0 Å². The van der Waals surface area contributed by atoms with Gasteiger partial charge in [-0.1, -0.05) is 30.3 Å². The van der Waals surface area contributed by atoms with E-state index in [2.05, 4.69) is 27.0 Å². The molecule has 1 aliphatic heterocycles. The molecule has 0 spiro atoms. The van der Waals surface area contributed by atoms with Gasteiger partial charge in [0.25, 0.3) is 5.91 Å². The topological polar surface area (TPSA) is 92.4 Å². The Bertz CT molecular complexity index is 763. The van der Waals surface area contributed by atoms with Crippen molar-refractivity contribution in [3.8, 4) is 0 Å². The molecule has 2 heterocycles. The number of amides is 2. The van der Waals surface area contributed by atoms with Gasteiger partial charge in [-0.2, -0.15) is 0 Å². The van der Waals surface area contributed by atoms with E-state index < -0.39 is 11.9 Å². The largest absolute Gasteiger partial charge is 0.368 e. The van der Waals surface area contributed by atoms with Gasteiger partial charge in [-0.15, -0.1) is 0 Å². The van der Waals surface area contributed by atoms with Gasteiger partial charge < -0.3 is 10.6 Å². The fraction of sp³-hybridized carbons (Fsp3) is 0.368. The first kappa shape index (κ1) is 18.0. The van der Waals surface area contributed by atoms with Crippen LogP contribution in [0.5, 0.6) is 0 Å². The Morgan fingerprint density at radius 1 is 1.15 bits per heavy atom. The van der Waals surface area contributed by atoms with Crippen molar-refractivity contribution in [2.24, 2.45) is 5.73 Å². The Morgan fingerprint density at radius 3 is 2.58 bits per heavy atom. The van der Waals surface area contributed by atoms with Gasteiger partial charge in [0.05, 0.1) is 11.9 Å². The van der Waals surface area contributed by atoms with E-state index in [1.165, 1.54) is 11.8 Å². The Morgan fingerprint density at radius 2 is 1.92 bits per heavy atom. The van der Waals surface area contributed by atoms with E-state index in [-0.39, 0.29) is 18.1 Å². The highest BCUT2D eigenvalue weighted by molar-refractivity contribution is 5.92. The highest BCUT2D eigenvalue weighted by Gasteiger charge is 2.33. The van der Waals surface area contributed by atoms with Crippen LogP contribution in [0, 0.1) is 6.92 Å². The standard InChI is InChI=1S/C19H23N5O2/c1-14-11-22-16(12-21-14)19(26)24-10-9-23(17(13-24)18(20)25)8-7-15-5-3-2-4-6-15/h2-6,11-12,17H,7-10,13H2,1H3,(H2,20,25)/t17-/m1/s1. The van der Waals surface area contributed by atoms with Gasteiger partial charge in [-0.05, 0) is 18.9 Å². The van der Waals surface area contributed by atoms with Crippen LogP contribution in [-0.2, 0) is 11.2 Å². The molecule has 1 aliphatic rings. The fourth-order valence-electron chi connectivity index (χ4n) is 3.12. The van der Waals surface area contributed by atoms with Gasteiger partial charge >= 0.3 is 0 Å². The third-order valence-corrected chi connectivity index (χ3v) is 4.64. The SMILES string of the molecule is Cc1cnc(C(=O)N2CCN(CCc3ccccc3)[C@@H](C(N)=O)C2)cn1. The number of piperazine rings is 1. The van der Waals surface area contributed by atoms with Crippen LogP contribution in [0.3, 0.4) is 0 Å². The molecule has 26 heavy (non-hydrogen) atoms. The number of rotatable bonds is 5. The number of aromatic nitrogens is 2. The van der Waals surface area contributed by atoms with Gasteiger partial charge in [-0.3, -0.25) is 19.5 Å². The summed E-state index contributed by atoms with van der Waals surface area (Å²) in [6.45, 7) is 3.96. The van der Waals surface area contributed by atoms with Gasteiger partial charge in [0.2, 0.25) is 5.91 Å². The van der Waals surface area contributed by atoms with Crippen molar-refractivity contribution in [3.05, 3.63) is 59.7 Å². The fourth-order valence-corrected chi connectivity index (χ4v) is 3.12. The summed E-state index contributed by atoms with van der Waals surface area (Å²) in [5.41, 5.74) is 7.85. The molecule has 0 aliphatic carbocycles. The molecule has 0 radical (unpaired) electrons. The van der Waals surface area contributed by atoms with Crippen molar-refractivity contribution in [1.82, 2.24) is 19.8 Å². The number of primary amides is 1. The Balaban J connectivity index is 1.64. The number of benzene rings is 1. The molecule has 7 nitrogen and oxygen atoms in total. The number of hydrogen-bond acceptors (Lipinski definition) is 5. The molecular formula is C19H23N5O2. The minimum atomic E-state index is -0.491. The van der Waals surface area contributed by atoms with Gasteiger partial charge in [-0.25, -0.2) is 4.98 Å². The van der Waals surface area contributed by atoms with E-state index in [1.807, 2.05) is 25.1 Å². The van der Waals surface area contributed by atoms with Gasteiger partial charge in [0.1, 0.15) is 11.7 Å². The summed E-state index contributed by atoms with van der Waals surface area (Å²) in [5, 5.41) is 0. The van der Waals surface area contributed by atoms with Crippen molar-refractivity contribution in [2.75, 3.05) is 26.2 Å². The van der Waals surface area contributed by atoms with Crippen LogP contribution >= 0.6 is 0 Å². The average molecular weight is 353 g/mol. The molecule has 1 saturated heterocycles. The summed E-state index contributed by atoms with van der Waals surface area (Å²) >= 11 is 0. The lowest BCUT2D eigenvalue weighted by molar-refractivity contribution is -0.125. The van der Waals surface area contributed by atoms with E-state index in [0.29, 0.717) is 13.1 Å². The quantitative estimate of drug-likeness (QED) is 0.851. The maximum absolute atomic E-state index is 12.6. The number of hydrogen-bond donors (Lipinski definition) is 1. The van der Waals surface area contributed by atoms with E-state index in [1.54, 1.807) is 11.1 Å². The zero-order valence-electron chi connectivity index (χ0n) is 14.8. The molecule has 0 unspecified atom stereocenters. The molecule has 2 aromatic rings. The highest BCUT2D eigenvalue weighted by Crippen LogP contribution is 2.14. The number of aryl methyl sites for hydroxylation is 1. The maximum Gasteiger partial charge on any atom is 0.274 e. The van der Waals surface area contributed by atoms with Gasteiger partial charge in [0, 0.05) is 32.4 Å². The second-order valence-corrected chi connectivity index (χ2v) is 6.48. The van der Waals surface area contributed by atoms with Crippen molar-refractivity contribution < 1.29 is 9.59 Å². The monoisotopic (exact) mass is 353 g/mol. The van der Waals surface area contributed by atoms with E-state index in [9.17, 15) is 9.59 Å².